The summed E-state index contributed by atoms with van der Waals surface area (Å²) in [6.45, 7) is 0. The first kappa shape index (κ1) is 13.5. The van der Waals surface area contributed by atoms with E-state index < -0.39 is 38.8 Å². The minimum atomic E-state index is -4.58. The molecule has 1 aliphatic rings. The van der Waals surface area contributed by atoms with Crippen LogP contribution in [0.15, 0.2) is 10.8 Å². The lowest BCUT2D eigenvalue weighted by atomic mass is 9.96. The molecule has 8 heteroatoms. The predicted molar refractivity (Wildman–Crippen MR) is 60.4 cm³/mol. The monoisotopic (exact) mass is 298 g/mol. The van der Waals surface area contributed by atoms with Crippen molar-refractivity contribution in [3.05, 3.63) is 21.9 Å². The van der Waals surface area contributed by atoms with E-state index in [9.17, 15) is 26.4 Å². The van der Waals surface area contributed by atoms with Crippen molar-refractivity contribution in [1.29, 1.82) is 0 Å². The highest BCUT2D eigenvalue weighted by Gasteiger charge is 2.40. The average Bonchev–Trinajstić information content (AvgIpc) is 2.81. The number of hydrogen-bond donors (Lipinski definition) is 0. The zero-order chi connectivity index (χ0) is 13.6. The van der Waals surface area contributed by atoms with Crippen LogP contribution in [0.5, 0.6) is 0 Å². The fourth-order valence-electron chi connectivity index (χ4n) is 1.93. The molecule has 1 atom stereocenters. The number of halogens is 3. The maximum Gasteiger partial charge on any atom is 0.417 e. The van der Waals surface area contributed by atoms with Crippen molar-refractivity contribution in [1.82, 2.24) is 0 Å². The van der Waals surface area contributed by atoms with Crippen molar-refractivity contribution < 1.29 is 26.4 Å². The molecule has 0 radical (unpaired) electrons. The van der Waals surface area contributed by atoms with Gasteiger partial charge < -0.3 is 0 Å². The molecular formula is C10H9F3O3S2. The van der Waals surface area contributed by atoms with E-state index in [1.807, 2.05) is 0 Å². The maximum atomic E-state index is 12.6. The molecule has 0 N–H and O–H groups in total. The van der Waals surface area contributed by atoms with Crippen molar-refractivity contribution in [2.45, 2.75) is 12.6 Å². The van der Waals surface area contributed by atoms with E-state index in [0.717, 1.165) is 22.1 Å². The Balaban J connectivity index is 2.29. The molecule has 1 aromatic heterocycles. The number of hydrogen-bond acceptors (Lipinski definition) is 4. The summed E-state index contributed by atoms with van der Waals surface area (Å²) in [6.07, 6.45) is -4.48. The van der Waals surface area contributed by atoms with E-state index in [1.165, 1.54) is 0 Å². The molecular weight excluding hydrogens is 289 g/mol. The molecule has 0 aromatic carbocycles. The Morgan fingerprint density at radius 3 is 2.50 bits per heavy atom. The van der Waals surface area contributed by atoms with Crippen LogP contribution in [-0.2, 0) is 16.0 Å². The largest absolute Gasteiger partial charge is 0.417 e. The van der Waals surface area contributed by atoms with E-state index in [4.69, 9.17) is 0 Å². The number of thiophene rings is 1. The quantitative estimate of drug-likeness (QED) is 0.788. The zero-order valence-electron chi connectivity index (χ0n) is 9.03. The van der Waals surface area contributed by atoms with Gasteiger partial charge in [-0.05, 0) is 6.42 Å². The van der Waals surface area contributed by atoms with E-state index in [-0.39, 0.29) is 17.9 Å². The van der Waals surface area contributed by atoms with E-state index >= 15 is 0 Å². The third kappa shape index (κ3) is 2.59. The molecule has 2 heterocycles. The van der Waals surface area contributed by atoms with Gasteiger partial charge in [0.1, 0.15) is 0 Å². The molecule has 1 unspecified atom stereocenters. The van der Waals surface area contributed by atoms with Gasteiger partial charge in [0.2, 0.25) is 0 Å². The number of carbonyl (C=O) groups excluding carboxylic acids is 1. The zero-order valence-corrected chi connectivity index (χ0v) is 10.7. The normalized spacial score (nSPS) is 23.2. The molecule has 1 aliphatic heterocycles. The Hall–Kier alpha value is -0.890. The van der Waals surface area contributed by atoms with Crippen LogP contribution in [0, 0.1) is 5.92 Å². The van der Waals surface area contributed by atoms with Gasteiger partial charge in [-0.1, -0.05) is 0 Å². The molecule has 0 saturated carbocycles. The van der Waals surface area contributed by atoms with Crippen LogP contribution >= 0.6 is 11.3 Å². The lowest BCUT2D eigenvalue weighted by Gasteiger charge is -2.10. The number of Topliss-reactive ketones (excluding diaryl/α,β-unsaturated/α-hetero) is 1. The summed E-state index contributed by atoms with van der Waals surface area (Å²) >= 11 is 0.790. The first-order valence-electron chi connectivity index (χ1n) is 5.09. The minimum absolute atomic E-state index is 0.105. The van der Waals surface area contributed by atoms with Crippen LogP contribution in [0.3, 0.4) is 0 Å². The van der Waals surface area contributed by atoms with Crippen LogP contribution in [0.2, 0.25) is 0 Å². The Morgan fingerprint density at radius 1 is 1.33 bits per heavy atom. The summed E-state index contributed by atoms with van der Waals surface area (Å²) in [5, 5.41) is 2.01. The maximum absolute atomic E-state index is 12.6. The number of alkyl halides is 3. The lowest BCUT2D eigenvalue weighted by Crippen LogP contribution is -2.19. The van der Waals surface area contributed by atoms with Gasteiger partial charge in [0.15, 0.2) is 15.6 Å². The highest BCUT2D eigenvalue weighted by atomic mass is 32.2. The van der Waals surface area contributed by atoms with Gasteiger partial charge in [-0.2, -0.15) is 24.5 Å². The molecule has 3 nitrogen and oxygen atoms in total. The van der Waals surface area contributed by atoms with Crippen molar-refractivity contribution in [2.24, 2.45) is 5.92 Å². The van der Waals surface area contributed by atoms with Crippen molar-refractivity contribution in [2.75, 3.05) is 11.5 Å². The third-order valence-electron chi connectivity index (χ3n) is 2.84. The number of carbonyl (C=O) groups is 1. The molecule has 0 aliphatic carbocycles. The molecule has 1 aromatic rings. The second-order valence-electron chi connectivity index (χ2n) is 4.16. The second kappa shape index (κ2) is 4.34. The van der Waals surface area contributed by atoms with Gasteiger partial charge >= 0.3 is 6.18 Å². The summed E-state index contributed by atoms with van der Waals surface area (Å²) in [6, 6.07) is 0. The molecule has 100 valence electrons. The minimum Gasteiger partial charge on any atom is -0.294 e. The van der Waals surface area contributed by atoms with Crippen molar-refractivity contribution >= 4 is 27.0 Å². The van der Waals surface area contributed by atoms with E-state index in [1.54, 1.807) is 0 Å². The first-order chi connectivity index (χ1) is 8.21. The molecule has 18 heavy (non-hydrogen) atoms. The smallest absolute Gasteiger partial charge is 0.294 e. The van der Waals surface area contributed by atoms with E-state index in [0.29, 0.717) is 0 Å². The molecule has 1 fully saturated rings. The highest BCUT2D eigenvalue weighted by molar-refractivity contribution is 7.91. The fraction of sp³-hybridized carbons (Fsp3) is 0.500. The Kier molecular flexibility index (Phi) is 3.26. The van der Waals surface area contributed by atoms with Crippen molar-refractivity contribution in [3.63, 3.8) is 0 Å². The summed E-state index contributed by atoms with van der Waals surface area (Å²) in [5.74, 6) is -2.04. The molecule has 0 spiro atoms. The number of rotatable bonds is 2. The number of sulfone groups is 1. The van der Waals surface area contributed by atoms with Crippen molar-refractivity contribution in [3.8, 4) is 0 Å². The van der Waals surface area contributed by atoms with Crippen LogP contribution in [0.25, 0.3) is 0 Å². The summed E-state index contributed by atoms with van der Waals surface area (Å²) in [4.78, 5) is 11.9. The Bertz CT molecular complexity index is 571. The predicted octanol–water partition coefficient (Wildman–Crippen LogP) is 2.38. The van der Waals surface area contributed by atoms with Crippen LogP contribution in [0.1, 0.15) is 22.3 Å². The van der Waals surface area contributed by atoms with Gasteiger partial charge in [-0.15, -0.1) is 0 Å². The van der Waals surface area contributed by atoms with Gasteiger partial charge in [0.05, 0.1) is 17.1 Å². The van der Waals surface area contributed by atoms with Crippen LogP contribution < -0.4 is 0 Å². The fourth-order valence-corrected chi connectivity index (χ4v) is 4.51. The lowest BCUT2D eigenvalue weighted by molar-refractivity contribution is -0.137. The summed E-state index contributed by atoms with van der Waals surface area (Å²) in [7, 11) is -3.28. The standard InChI is InChI=1S/C10H9F3O3S2/c11-10(12,13)8-4-17-3-7(8)9(14)6-1-2-18(15,16)5-6/h3-4,6H,1-2,5H2. The highest BCUT2D eigenvalue weighted by Crippen LogP contribution is 2.36. The van der Waals surface area contributed by atoms with Crippen LogP contribution in [0.4, 0.5) is 13.2 Å². The third-order valence-corrected chi connectivity index (χ3v) is 5.35. The Morgan fingerprint density at radius 2 is 2.00 bits per heavy atom. The average molecular weight is 298 g/mol. The van der Waals surface area contributed by atoms with Gasteiger partial charge in [-0.3, -0.25) is 4.79 Å². The van der Waals surface area contributed by atoms with Crippen LogP contribution in [-0.4, -0.2) is 25.7 Å². The SMILES string of the molecule is O=C(c1cscc1C(F)(F)F)C1CCS(=O)(=O)C1. The molecule has 1 saturated heterocycles. The molecule has 0 amide bonds. The summed E-state index contributed by atoms with van der Waals surface area (Å²) < 4.78 is 60.3. The molecule has 2 rings (SSSR count). The molecule has 0 bridgehead atoms. The second-order valence-corrected chi connectivity index (χ2v) is 7.13. The van der Waals surface area contributed by atoms with Gasteiger partial charge in [-0.25, -0.2) is 8.42 Å². The van der Waals surface area contributed by atoms with E-state index in [2.05, 4.69) is 0 Å². The van der Waals surface area contributed by atoms with Gasteiger partial charge in [0.25, 0.3) is 0 Å². The topological polar surface area (TPSA) is 51.2 Å². The number of ketones is 1. The first-order valence-corrected chi connectivity index (χ1v) is 7.85. The summed E-state index contributed by atoms with van der Waals surface area (Å²) in [5.41, 5.74) is -1.38. The Labute approximate surface area is 106 Å². The van der Waals surface area contributed by atoms with Gasteiger partial charge in [0, 0.05) is 22.2 Å².